The van der Waals surface area contributed by atoms with Crippen molar-refractivity contribution in [2.45, 2.75) is 46.4 Å². The van der Waals surface area contributed by atoms with Gasteiger partial charge in [0.1, 0.15) is 10.8 Å². The molecule has 4 heteroatoms. The molecule has 0 aliphatic heterocycles. The highest BCUT2D eigenvalue weighted by molar-refractivity contribution is 7.11. The molecular formula is C16H22N2OS. The Labute approximate surface area is 125 Å². The van der Waals surface area contributed by atoms with E-state index in [1.807, 2.05) is 32.2 Å². The number of aromatic nitrogens is 1. The Morgan fingerprint density at radius 2 is 1.90 bits per heavy atom. The molecule has 0 bridgehead atoms. The number of aryl methyl sites for hydroxylation is 1. The van der Waals surface area contributed by atoms with Crippen LogP contribution in [0.15, 0.2) is 30.5 Å². The molecule has 0 saturated heterocycles. The standard InChI is InChI=1S/C16H22N2OS/c1-11(2)19-15-7-5-14(6-8-15)13(4)17-10-16-18-9-12(3)20-16/h5-9,11,13,17H,10H2,1-4H3. The van der Waals surface area contributed by atoms with E-state index in [0.29, 0.717) is 6.04 Å². The Kier molecular flexibility index (Phi) is 5.15. The van der Waals surface area contributed by atoms with Crippen molar-refractivity contribution in [3.8, 4) is 5.75 Å². The number of rotatable bonds is 6. The molecular weight excluding hydrogens is 268 g/mol. The van der Waals surface area contributed by atoms with Gasteiger partial charge in [0.2, 0.25) is 0 Å². The maximum Gasteiger partial charge on any atom is 0.119 e. The smallest absolute Gasteiger partial charge is 0.119 e. The quantitative estimate of drug-likeness (QED) is 0.870. The second kappa shape index (κ2) is 6.86. The van der Waals surface area contributed by atoms with Gasteiger partial charge in [0.15, 0.2) is 0 Å². The van der Waals surface area contributed by atoms with Gasteiger partial charge in [-0.2, -0.15) is 0 Å². The van der Waals surface area contributed by atoms with Gasteiger partial charge in [0.25, 0.3) is 0 Å². The Hall–Kier alpha value is -1.39. The molecule has 0 radical (unpaired) electrons. The van der Waals surface area contributed by atoms with Crippen LogP contribution in [0, 0.1) is 6.92 Å². The summed E-state index contributed by atoms with van der Waals surface area (Å²) in [6.45, 7) is 9.13. The van der Waals surface area contributed by atoms with E-state index in [-0.39, 0.29) is 6.10 Å². The summed E-state index contributed by atoms with van der Waals surface area (Å²) in [6.07, 6.45) is 2.13. The van der Waals surface area contributed by atoms with Gasteiger partial charge in [0.05, 0.1) is 6.10 Å². The first-order chi connectivity index (χ1) is 9.54. The van der Waals surface area contributed by atoms with Crippen LogP contribution in [0.2, 0.25) is 0 Å². The third kappa shape index (κ3) is 4.32. The van der Waals surface area contributed by atoms with Crippen molar-refractivity contribution >= 4 is 11.3 Å². The normalized spacial score (nSPS) is 12.7. The Bertz CT molecular complexity index is 534. The van der Waals surface area contributed by atoms with Crippen molar-refractivity contribution in [3.63, 3.8) is 0 Å². The molecule has 0 aliphatic carbocycles. The highest BCUT2D eigenvalue weighted by atomic mass is 32.1. The summed E-state index contributed by atoms with van der Waals surface area (Å²) in [6, 6.07) is 8.58. The summed E-state index contributed by atoms with van der Waals surface area (Å²) in [5, 5.41) is 4.63. The topological polar surface area (TPSA) is 34.2 Å². The zero-order chi connectivity index (χ0) is 14.5. The molecule has 1 unspecified atom stereocenters. The minimum Gasteiger partial charge on any atom is -0.491 e. The molecule has 1 aromatic heterocycles. The average molecular weight is 290 g/mol. The van der Waals surface area contributed by atoms with E-state index in [2.05, 4.69) is 36.3 Å². The first-order valence-electron chi connectivity index (χ1n) is 6.96. The van der Waals surface area contributed by atoms with E-state index in [4.69, 9.17) is 4.74 Å². The van der Waals surface area contributed by atoms with Crippen LogP contribution in [0.1, 0.15) is 42.3 Å². The van der Waals surface area contributed by atoms with Crippen molar-refractivity contribution in [1.82, 2.24) is 10.3 Å². The minimum absolute atomic E-state index is 0.213. The zero-order valence-corrected chi connectivity index (χ0v) is 13.3. The highest BCUT2D eigenvalue weighted by Gasteiger charge is 2.07. The summed E-state index contributed by atoms with van der Waals surface area (Å²) < 4.78 is 5.65. The molecule has 0 spiro atoms. The van der Waals surface area contributed by atoms with Crippen LogP contribution in [0.4, 0.5) is 0 Å². The minimum atomic E-state index is 0.213. The molecule has 0 saturated carbocycles. The van der Waals surface area contributed by atoms with E-state index in [1.165, 1.54) is 10.4 Å². The molecule has 0 aliphatic rings. The van der Waals surface area contributed by atoms with Crippen LogP contribution >= 0.6 is 11.3 Å². The second-order valence-electron chi connectivity index (χ2n) is 5.20. The molecule has 1 aromatic carbocycles. The molecule has 1 N–H and O–H groups in total. The SMILES string of the molecule is Cc1cnc(CNC(C)c2ccc(OC(C)C)cc2)s1. The molecule has 2 rings (SSSR count). The molecule has 0 fully saturated rings. The number of nitrogens with one attached hydrogen (secondary N) is 1. The van der Waals surface area contributed by atoms with Crippen molar-refractivity contribution in [3.05, 3.63) is 45.9 Å². The summed E-state index contributed by atoms with van der Waals surface area (Å²) in [5.41, 5.74) is 1.26. The maximum atomic E-state index is 5.65. The fraction of sp³-hybridized carbons (Fsp3) is 0.438. The van der Waals surface area contributed by atoms with Crippen LogP contribution in [-0.4, -0.2) is 11.1 Å². The first kappa shape index (κ1) is 15.0. The van der Waals surface area contributed by atoms with Crippen molar-refractivity contribution < 1.29 is 4.74 Å². The van der Waals surface area contributed by atoms with Gasteiger partial charge in [-0.1, -0.05) is 12.1 Å². The van der Waals surface area contributed by atoms with Gasteiger partial charge < -0.3 is 10.1 Å². The summed E-state index contributed by atoms with van der Waals surface area (Å²) in [7, 11) is 0. The lowest BCUT2D eigenvalue weighted by Crippen LogP contribution is -2.17. The fourth-order valence-electron chi connectivity index (χ4n) is 1.95. The number of nitrogens with zero attached hydrogens (tertiary/aromatic N) is 1. The highest BCUT2D eigenvalue weighted by Crippen LogP contribution is 2.19. The average Bonchev–Trinajstić information content (AvgIpc) is 2.82. The van der Waals surface area contributed by atoms with Crippen LogP contribution < -0.4 is 10.1 Å². The molecule has 1 heterocycles. The number of hydrogen-bond donors (Lipinski definition) is 1. The van der Waals surface area contributed by atoms with Crippen molar-refractivity contribution in [2.24, 2.45) is 0 Å². The van der Waals surface area contributed by atoms with E-state index in [9.17, 15) is 0 Å². The Balaban J connectivity index is 1.90. The van der Waals surface area contributed by atoms with Gasteiger partial charge >= 0.3 is 0 Å². The first-order valence-corrected chi connectivity index (χ1v) is 7.77. The Morgan fingerprint density at radius 3 is 2.45 bits per heavy atom. The van der Waals surface area contributed by atoms with E-state index < -0.39 is 0 Å². The Morgan fingerprint density at radius 1 is 1.20 bits per heavy atom. The van der Waals surface area contributed by atoms with E-state index in [1.54, 1.807) is 11.3 Å². The number of hydrogen-bond acceptors (Lipinski definition) is 4. The van der Waals surface area contributed by atoms with Gasteiger partial charge in [-0.3, -0.25) is 0 Å². The van der Waals surface area contributed by atoms with Gasteiger partial charge in [0, 0.05) is 23.7 Å². The third-order valence-corrected chi connectivity index (χ3v) is 3.89. The second-order valence-corrected chi connectivity index (χ2v) is 6.52. The van der Waals surface area contributed by atoms with Crippen LogP contribution in [0.25, 0.3) is 0 Å². The lowest BCUT2D eigenvalue weighted by atomic mass is 10.1. The maximum absolute atomic E-state index is 5.65. The summed E-state index contributed by atoms with van der Waals surface area (Å²) >= 11 is 1.74. The van der Waals surface area contributed by atoms with Gasteiger partial charge in [-0.15, -0.1) is 11.3 Å². The van der Waals surface area contributed by atoms with Crippen molar-refractivity contribution in [2.75, 3.05) is 0 Å². The van der Waals surface area contributed by atoms with Crippen molar-refractivity contribution in [1.29, 1.82) is 0 Å². The molecule has 3 nitrogen and oxygen atoms in total. The van der Waals surface area contributed by atoms with Crippen LogP contribution in [-0.2, 0) is 6.54 Å². The van der Waals surface area contributed by atoms with Gasteiger partial charge in [-0.25, -0.2) is 4.98 Å². The monoisotopic (exact) mass is 290 g/mol. The molecule has 0 amide bonds. The molecule has 108 valence electrons. The molecule has 2 aromatic rings. The fourth-order valence-corrected chi connectivity index (χ4v) is 2.69. The van der Waals surface area contributed by atoms with E-state index >= 15 is 0 Å². The zero-order valence-electron chi connectivity index (χ0n) is 12.5. The lowest BCUT2D eigenvalue weighted by Gasteiger charge is -2.15. The van der Waals surface area contributed by atoms with Crippen LogP contribution in [0.3, 0.4) is 0 Å². The largest absolute Gasteiger partial charge is 0.491 e. The number of benzene rings is 1. The lowest BCUT2D eigenvalue weighted by molar-refractivity contribution is 0.242. The number of ether oxygens (including phenoxy) is 1. The predicted molar refractivity (Wildman–Crippen MR) is 84.3 cm³/mol. The molecule has 20 heavy (non-hydrogen) atoms. The summed E-state index contributed by atoms with van der Waals surface area (Å²) in [5.74, 6) is 0.923. The number of thiazole rings is 1. The van der Waals surface area contributed by atoms with Crippen LogP contribution in [0.5, 0.6) is 5.75 Å². The molecule has 1 atom stereocenters. The van der Waals surface area contributed by atoms with Gasteiger partial charge in [-0.05, 0) is 45.4 Å². The summed E-state index contributed by atoms with van der Waals surface area (Å²) in [4.78, 5) is 5.62. The predicted octanol–water partition coefficient (Wildman–Crippen LogP) is 4.09. The third-order valence-electron chi connectivity index (χ3n) is 2.98. The van der Waals surface area contributed by atoms with E-state index in [0.717, 1.165) is 17.3 Å².